The molecule has 0 aromatic heterocycles. The predicted octanol–water partition coefficient (Wildman–Crippen LogP) is 2.72. The Labute approximate surface area is 174 Å². The van der Waals surface area contributed by atoms with Crippen LogP contribution in [0.2, 0.25) is 0 Å². The first-order valence-corrected chi connectivity index (χ1v) is 9.78. The number of quaternary nitrogens is 2. The first-order valence-electron chi connectivity index (χ1n) is 9.78. The zero-order chi connectivity index (χ0) is 21.1. The van der Waals surface area contributed by atoms with E-state index in [-0.39, 0.29) is 5.91 Å². The summed E-state index contributed by atoms with van der Waals surface area (Å²) < 4.78 is 0. The average Bonchev–Trinajstić information content (AvgIpc) is 2.74. The van der Waals surface area contributed by atoms with Gasteiger partial charge >= 0.3 is 0 Å². The molecule has 2 aromatic carbocycles. The lowest BCUT2D eigenvalue weighted by molar-refractivity contribution is -0.819. The van der Waals surface area contributed by atoms with Crippen LogP contribution in [0, 0.1) is 0 Å². The van der Waals surface area contributed by atoms with E-state index in [9.17, 15) is 4.79 Å². The number of hydrogen-bond donors (Lipinski definition) is 3. The van der Waals surface area contributed by atoms with Crippen LogP contribution in [0.1, 0.15) is 10.4 Å². The van der Waals surface area contributed by atoms with Crippen molar-refractivity contribution in [1.29, 1.82) is 0 Å². The summed E-state index contributed by atoms with van der Waals surface area (Å²) in [5.74, 6) is -0.125. The first-order chi connectivity index (χ1) is 14.1. The number of benzene rings is 2. The minimum atomic E-state index is -0.125. The lowest BCUT2D eigenvalue weighted by atomic mass is 10.1. The standard InChI is InChI=1S/C25H29N3O/c1-5-17-27(18-6-2)23-13-9-21(10-14-23)25(29)26-22-11-15-24(16-12-22)28(19-7-3)20-8-4/h5-16H,1-4,17-20H2,(H,26,29)/p+2. The molecule has 4 heteroatoms. The second-order valence-corrected chi connectivity index (χ2v) is 6.79. The largest absolute Gasteiger partial charge is 0.322 e. The van der Waals surface area contributed by atoms with E-state index in [4.69, 9.17) is 0 Å². The quantitative estimate of drug-likeness (QED) is 0.480. The third-order valence-electron chi connectivity index (χ3n) is 4.67. The maximum Gasteiger partial charge on any atom is 0.255 e. The highest BCUT2D eigenvalue weighted by atomic mass is 16.1. The third kappa shape index (κ3) is 6.42. The summed E-state index contributed by atoms with van der Waals surface area (Å²) in [4.78, 5) is 15.1. The monoisotopic (exact) mass is 389 g/mol. The summed E-state index contributed by atoms with van der Waals surface area (Å²) >= 11 is 0. The maximum atomic E-state index is 12.6. The molecule has 150 valence electrons. The van der Waals surface area contributed by atoms with Crippen molar-refractivity contribution in [2.75, 3.05) is 31.5 Å². The van der Waals surface area contributed by atoms with Crippen LogP contribution in [0.3, 0.4) is 0 Å². The van der Waals surface area contributed by atoms with E-state index in [1.54, 1.807) is 0 Å². The fourth-order valence-corrected chi connectivity index (χ4v) is 3.18. The number of carbonyl (C=O) groups is 1. The van der Waals surface area contributed by atoms with Gasteiger partial charge in [0.15, 0.2) is 0 Å². The second-order valence-electron chi connectivity index (χ2n) is 6.79. The van der Waals surface area contributed by atoms with Crippen LogP contribution < -0.4 is 15.1 Å². The molecule has 0 fully saturated rings. The van der Waals surface area contributed by atoms with Gasteiger partial charge in [0.1, 0.15) is 37.6 Å². The van der Waals surface area contributed by atoms with Gasteiger partial charge in [0, 0.05) is 23.4 Å². The number of amides is 1. The maximum absolute atomic E-state index is 12.6. The molecule has 0 heterocycles. The fourth-order valence-electron chi connectivity index (χ4n) is 3.18. The lowest BCUT2D eigenvalue weighted by Crippen LogP contribution is -3.06. The number of rotatable bonds is 12. The molecule has 0 radical (unpaired) electrons. The van der Waals surface area contributed by atoms with Crippen LogP contribution in [0.5, 0.6) is 0 Å². The smallest absolute Gasteiger partial charge is 0.255 e. The molecule has 0 saturated carbocycles. The molecule has 4 nitrogen and oxygen atoms in total. The van der Waals surface area contributed by atoms with Crippen LogP contribution >= 0.6 is 0 Å². The molecule has 29 heavy (non-hydrogen) atoms. The molecule has 2 rings (SSSR count). The minimum Gasteiger partial charge on any atom is -0.322 e. The molecule has 0 aliphatic heterocycles. The van der Waals surface area contributed by atoms with Gasteiger partial charge in [-0.25, -0.2) is 0 Å². The topological polar surface area (TPSA) is 38.0 Å². The Balaban J connectivity index is 2.05. The number of hydrogen-bond acceptors (Lipinski definition) is 1. The van der Waals surface area contributed by atoms with E-state index in [0.717, 1.165) is 43.2 Å². The van der Waals surface area contributed by atoms with Gasteiger partial charge < -0.3 is 5.32 Å². The molecule has 1 amide bonds. The van der Waals surface area contributed by atoms with E-state index in [0.29, 0.717) is 5.56 Å². The van der Waals surface area contributed by atoms with Gasteiger partial charge in [0.2, 0.25) is 0 Å². The molecule has 2 aromatic rings. The molecule has 0 bridgehead atoms. The third-order valence-corrected chi connectivity index (χ3v) is 4.67. The predicted molar refractivity (Wildman–Crippen MR) is 122 cm³/mol. The summed E-state index contributed by atoms with van der Waals surface area (Å²) in [6.07, 6.45) is 7.56. The number of nitrogens with one attached hydrogen (secondary N) is 3. The van der Waals surface area contributed by atoms with E-state index in [2.05, 4.69) is 31.6 Å². The number of carbonyl (C=O) groups excluding carboxylic acids is 1. The highest BCUT2D eigenvalue weighted by molar-refractivity contribution is 6.04. The van der Waals surface area contributed by atoms with Gasteiger partial charge in [-0.05, 0) is 60.7 Å². The highest BCUT2D eigenvalue weighted by Gasteiger charge is 2.12. The van der Waals surface area contributed by atoms with Crippen LogP contribution in [0.4, 0.5) is 17.1 Å². The molecule has 0 spiro atoms. The highest BCUT2D eigenvalue weighted by Crippen LogP contribution is 2.13. The van der Waals surface area contributed by atoms with Crippen molar-refractivity contribution >= 4 is 23.0 Å². The van der Waals surface area contributed by atoms with Crippen LogP contribution in [0.15, 0.2) is 99.2 Å². The van der Waals surface area contributed by atoms with Gasteiger partial charge in [-0.3, -0.25) is 14.6 Å². The van der Waals surface area contributed by atoms with Crippen LogP contribution in [-0.4, -0.2) is 32.1 Å². The Kier molecular flexibility index (Phi) is 8.83. The molecule has 0 aliphatic rings. The Bertz CT molecular complexity index is 817. The van der Waals surface area contributed by atoms with Crippen molar-refractivity contribution in [1.82, 2.24) is 0 Å². The molecule has 0 unspecified atom stereocenters. The molecule has 3 N–H and O–H groups in total. The molecular formula is C25H31N3O+2. The SMILES string of the molecule is C=CC[NH+](CC=C)c1ccc(NC(=O)c2ccc([NH+](CC=C)CC=C)cc2)cc1. The Morgan fingerprint density at radius 3 is 1.45 bits per heavy atom. The van der Waals surface area contributed by atoms with E-state index in [1.807, 2.05) is 72.8 Å². The van der Waals surface area contributed by atoms with Gasteiger partial charge in [-0.15, -0.1) is 0 Å². The van der Waals surface area contributed by atoms with Crippen molar-refractivity contribution in [3.63, 3.8) is 0 Å². The first kappa shape index (κ1) is 22.1. The van der Waals surface area contributed by atoms with E-state index >= 15 is 0 Å². The van der Waals surface area contributed by atoms with Crippen molar-refractivity contribution < 1.29 is 14.6 Å². The van der Waals surface area contributed by atoms with Gasteiger partial charge in [-0.2, -0.15) is 0 Å². The van der Waals surface area contributed by atoms with Crippen molar-refractivity contribution in [3.05, 3.63) is 105 Å². The molecule has 0 saturated heterocycles. The Hall–Kier alpha value is -3.21. The second kappa shape index (κ2) is 11.6. The zero-order valence-electron chi connectivity index (χ0n) is 17.0. The normalized spacial score (nSPS) is 10.6. The lowest BCUT2D eigenvalue weighted by Gasteiger charge is -2.16. The van der Waals surface area contributed by atoms with Crippen molar-refractivity contribution in [3.8, 4) is 0 Å². The Morgan fingerprint density at radius 1 is 0.690 bits per heavy atom. The molecular weight excluding hydrogens is 358 g/mol. The fraction of sp³-hybridized carbons (Fsp3) is 0.160. The summed E-state index contributed by atoms with van der Waals surface area (Å²) in [5, 5.41) is 2.96. The van der Waals surface area contributed by atoms with Crippen LogP contribution in [0.25, 0.3) is 0 Å². The summed E-state index contributed by atoms with van der Waals surface area (Å²) in [6, 6.07) is 15.6. The van der Waals surface area contributed by atoms with Crippen LogP contribution in [-0.2, 0) is 0 Å². The molecule has 0 aliphatic carbocycles. The minimum absolute atomic E-state index is 0.125. The van der Waals surface area contributed by atoms with Gasteiger partial charge in [0.25, 0.3) is 5.91 Å². The summed E-state index contributed by atoms with van der Waals surface area (Å²) in [7, 11) is 0. The van der Waals surface area contributed by atoms with Crippen molar-refractivity contribution in [2.45, 2.75) is 0 Å². The Morgan fingerprint density at radius 2 is 1.07 bits per heavy atom. The summed E-state index contributed by atoms with van der Waals surface area (Å²) in [6.45, 7) is 18.5. The summed E-state index contributed by atoms with van der Waals surface area (Å²) in [5.41, 5.74) is 3.64. The van der Waals surface area contributed by atoms with Crippen molar-refractivity contribution in [2.24, 2.45) is 0 Å². The molecule has 0 atom stereocenters. The van der Waals surface area contributed by atoms with Gasteiger partial charge in [-0.1, -0.05) is 26.3 Å². The van der Waals surface area contributed by atoms with E-state index < -0.39 is 0 Å². The number of anilines is 1. The average molecular weight is 390 g/mol. The zero-order valence-corrected chi connectivity index (χ0v) is 17.0. The van der Waals surface area contributed by atoms with Gasteiger partial charge in [0.05, 0.1) is 0 Å². The van der Waals surface area contributed by atoms with E-state index in [1.165, 1.54) is 9.80 Å².